The second-order valence-corrected chi connectivity index (χ2v) is 14.6. The third-order valence-corrected chi connectivity index (χ3v) is 12.7. The van der Waals surface area contributed by atoms with Gasteiger partial charge in [-0.05, 0) is 124 Å². The molecular weight excluding hydrogens is 536 g/mol. The monoisotopic (exact) mass is 584 g/mol. The number of alkyl carbamates (subject to hydrolysis) is 1. The van der Waals surface area contributed by atoms with Gasteiger partial charge in [0.2, 0.25) is 0 Å². The van der Waals surface area contributed by atoms with E-state index < -0.39 is 22.6 Å². The predicted molar refractivity (Wildman–Crippen MR) is 156 cm³/mol. The van der Waals surface area contributed by atoms with Crippen molar-refractivity contribution in [3.05, 3.63) is 34.4 Å². The van der Waals surface area contributed by atoms with Crippen molar-refractivity contribution in [2.75, 3.05) is 26.2 Å². The van der Waals surface area contributed by atoms with E-state index in [0.29, 0.717) is 24.9 Å². The third-order valence-electron chi connectivity index (χ3n) is 12.7. The lowest BCUT2D eigenvalue weighted by atomic mass is 9.43. The Morgan fingerprint density at radius 1 is 1.10 bits per heavy atom. The minimum atomic E-state index is -0.987. The summed E-state index contributed by atoms with van der Waals surface area (Å²) in [5.74, 6) is -0.376. The fraction of sp³-hybridized carbons (Fsp3) is 0.788. The molecule has 1 aromatic heterocycles. The van der Waals surface area contributed by atoms with E-state index in [1.165, 1.54) is 25.2 Å². The molecule has 0 aromatic carbocycles. The van der Waals surface area contributed by atoms with Crippen LogP contribution in [0.3, 0.4) is 0 Å². The van der Waals surface area contributed by atoms with Gasteiger partial charge >= 0.3 is 17.7 Å². The van der Waals surface area contributed by atoms with Gasteiger partial charge in [0, 0.05) is 30.5 Å². The van der Waals surface area contributed by atoms with Gasteiger partial charge in [-0.3, -0.25) is 9.69 Å². The normalized spacial score (nSPS) is 41.4. The molecule has 232 valence electrons. The van der Waals surface area contributed by atoms with Crippen LogP contribution >= 0.6 is 0 Å². The molecule has 6 rings (SSSR count). The van der Waals surface area contributed by atoms with E-state index in [9.17, 15) is 24.6 Å². The molecule has 5 fully saturated rings. The number of aliphatic hydroxyl groups is 1. The lowest BCUT2D eigenvalue weighted by Gasteiger charge is -2.63. The van der Waals surface area contributed by atoms with Gasteiger partial charge in [-0.25, -0.2) is 9.59 Å². The fourth-order valence-electron chi connectivity index (χ4n) is 10.7. The largest absolute Gasteiger partial charge is 0.481 e. The van der Waals surface area contributed by atoms with E-state index >= 15 is 0 Å². The molecule has 9 atom stereocenters. The Morgan fingerprint density at radius 2 is 1.88 bits per heavy atom. The lowest BCUT2D eigenvalue weighted by Crippen LogP contribution is -2.62. The van der Waals surface area contributed by atoms with Crippen LogP contribution in [0.2, 0.25) is 0 Å². The summed E-state index contributed by atoms with van der Waals surface area (Å²) in [4.78, 5) is 38.6. The van der Waals surface area contributed by atoms with Gasteiger partial charge < -0.3 is 24.7 Å². The summed E-state index contributed by atoms with van der Waals surface area (Å²) in [5.41, 5.74) is -1.04. The first-order valence-corrected chi connectivity index (χ1v) is 16.2. The van der Waals surface area contributed by atoms with Crippen molar-refractivity contribution in [2.45, 2.75) is 102 Å². The van der Waals surface area contributed by atoms with Gasteiger partial charge in [0.05, 0.1) is 11.9 Å². The number of carbonyl (C=O) groups is 2. The summed E-state index contributed by atoms with van der Waals surface area (Å²) in [6.07, 6.45) is 10.6. The Morgan fingerprint density at radius 3 is 2.60 bits per heavy atom. The van der Waals surface area contributed by atoms with Crippen LogP contribution in [0.1, 0.15) is 96.0 Å². The second kappa shape index (κ2) is 11.3. The maximum atomic E-state index is 12.7. The number of carboxylic acid groups (broad SMARTS) is 1. The Labute approximate surface area is 248 Å². The Hall–Kier alpha value is -2.39. The standard InChI is InChI=1S/C33H48N2O7/c1-31-11-9-24(34-30(39)41-16-15-35-13-3-4-14-35)18-23(31)6-7-26-25(31)10-12-32(2)29(21-5-8-28(38)42-20-21)22(17-27(36)37)19-33(26,32)40/h5,8,20,22-26,29,40H,3-4,6-7,9-19H2,1-2H3,(H,34,39)(H,36,37)/t22-,23-,24+,25+,26-,29+,31+,32-,33+/m1/s1. The first kappa shape index (κ1) is 29.7. The predicted octanol–water partition coefficient (Wildman–Crippen LogP) is 4.77. The Balaban J connectivity index is 1.15. The van der Waals surface area contributed by atoms with Crippen molar-refractivity contribution in [1.29, 1.82) is 0 Å². The van der Waals surface area contributed by atoms with Crippen molar-refractivity contribution < 1.29 is 29.0 Å². The van der Waals surface area contributed by atoms with Crippen molar-refractivity contribution in [3.63, 3.8) is 0 Å². The molecule has 1 saturated heterocycles. The average Bonchev–Trinajstić information content (AvgIpc) is 3.53. The number of nitrogens with one attached hydrogen (secondary N) is 1. The van der Waals surface area contributed by atoms with E-state index in [4.69, 9.17) is 9.15 Å². The highest BCUT2D eigenvalue weighted by Crippen LogP contribution is 2.72. The highest BCUT2D eigenvalue weighted by Gasteiger charge is 2.69. The maximum absolute atomic E-state index is 12.7. The summed E-state index contributed by atoms with van der Waals surface area (Å²) < 4.78 is 10.8. The molecule has 4 saturated carbocycles. The summed E-state index contributed by atoms with van der Waals surface area (Å²) in [5, 5.41) is 25.7. The lowest BCUT2D eigenvalue weighted by molar-refractivity contribution is -0.202. The zero-order valence-electron chi connectivity index (χ0n) is 25.2. The number of hydrogen-bond acceptors (Lipinski definition) is 7. The number of nitrogens with zero attached hydrogens (tertiary/aromatic N) is 1. The van der Waals surface area contributed by atoms with Crippen LogP contribution in [0.4, 0.5) is 4.79 Å². The Bertz CT molecular complexity index is 1210. The second-order valence-electron chi connectivity index (χ2n) is 14.6. The maximum Gasteiger partial charge on any atom is 0.407 e. The number of rotatable bonds is 7. The molecule has 4 aliphatic carbocycles. The number of amides is 1. The zero-order valence-corrected chi connectivity index (χ0v) is 25.2. The molecule has 1 aromatic rings. The SMILES string of the molecule is C[C@]12CC[C@H](NC(=O)OCCN3CCCC3)C[C@H]1CC[C@@H]1[C@@H]2CC[C@]2(C)[C@@H](c3ccc(=O)oc3)[C@H](CC(=O)O)C[C@]12O. The van der Waals surface area contributed by atoms with Gasteiger partial charge in [-0.15, -0.1) is 0 Å². The molecule has 1 aliphatic heterocycles. The molecule has 5 aliphatic rings. The number of carbonyl (C=O) groups excluding carboxylic acids is 1. The van der Waals surface area contributed by atoms with Gasteiger partial charge in [0.25, 0.3) is 0 Å². The van der Waals surface area contributed by atoms with Crippen LogP contribution in [-0.2, 0) is 9.53 Å². The zero-order chi connectivity index (χ0) is 29.7. The number of likely N-dealkylation sites (tertiary alicyclic amines) is 1. The van der Waals surface area contributed by atoms with E-state index in [0.717, 1.165) is 70.1 Å². The first-order chi connectivity index (χ1) is 20.0. The number of carboxylic acids is 1. The molecule has 3 N–H and O–H groups in total. The van der Waals surface area contributed by atoms with Crippen LogP contribution in [-0.4, -0.2) is 65.1 Å². The highest BCUT2D eigenvalue weighted by molar-refractivity contribution is 5.68. The highest BCUT2D eigenvalue weighted by atomic mass is 16.5. The number of fused-ring (bicyclic) bond motifs is 5. The van der Waals surface area contributed by atoms with Crippen LogP contribution < -0.4 is 10.9 Å². The molecule has 9 heteroatoms. The molecule has 2 heterocycles. The third kappa shape index (κ3) is 5.08. The molecular formula is C33H48N2O7. The molecule has 0 bridgehead atoms. The molecule has 9 nitrogen and oxygen atoms in total. The summed E-state index contributed by atoms with van der Waals surface area (Å²) in [6, 6.07) is 3.28. The van der Waals surface area contributed by atoms with E-state index in [2.05, 4.69) is 24.1 Å². The number of aliphatic carboxylic acids is 1. The van der Waals surface area contributed by atoms with Crippen LogP contribution in [0.5, 0.6) is 0 Å². The van der Waals surface area contributed by atoms with Gasteiger partial charge in [-0.2, -0.15) is 0 Å². The van der Waals surface area contributed by atoms with Gasteiger partial charge in [-0.1, -0.05) is 13.8 Å². The fourth-order valence-corrected chi connectivity index (χ4v) is 10.7. The minimum Gasteiger partial charge on any atom is -0.481 e. The number of ether oxygens (including phenoxy) is 1. The van der Waals surface area contributed by atoms with Crippen LogP contribution in [0, 0.1) is 34.5 Å². The summed E-state index contributed by atoms with van der Waals surface area (Å²) >= 11 is 0. The van der Waals surface area contributed by atoms with Crippen molar-refractivity contribution >= 4 is 12.1 Å². The number of hydrogen-bond donors (Lipinski definition) is 3. The van der Waals surface area contributed by atoms with E-state index in [1.54, 1.807) is 6.07 Å². The Kier molecular flexibility index (Phi) is 7.96. The molecule has 0 unspecified atom stereocenters. The summed E-state index contributed by atoms with van der Waals surface area (Å²) in [6.45, 7) is 7.96. The quantitative estimate of drug-likeness (QED) is 0.418. The van der Waals surface area contributed by atoms with E-state index in [-0.39, 0.29) is 41.7 Å². The smallest absolute Gasteiger partial charge is 0.407 e. The molecule has 0 radical (unpaired) electrons. The minimum absolute atomic E-state index is 0.0134. The van der Waals surface area contributed by atoms with Gasteiger partial charge in [0.15, 0.2) is 0 Å². The topological polar surface area (TPSA) is 129 Å². The molecule has 42 heavy (non-hydrogen) atoms. The van der Waals surface area contributed by atoms with Crippen LogP contribution in [0.25, 0.3) is 0 Å². The van der Waals surface area contributed by atoms with Crippen LogP contribution in [0.15, 0.2) is 27.6 Å². The first-order valence-electron chi connectivity index (χ1n) is 16.2. The van der Waals surface area contributed by atoms with Gasteiger partial charge in [0.1, 0.15) is 6.61 Å². The van der Waals surface area contributed by atoms with E-state index in [1.807, 2.05) is 0 Å². The van der Waals surface area contributed by atoms with Crippen molar-refractivity contribution in [2.24, 2.45) is 34.5 Å². The average molecular weight is 585 g/mol. The van der Waals surface area contributed by atoms with Crippen molar-refractivity contribution in [1.82, 2.24) is 10.2 Å². The molecule has 0 spiro atoms. The summed E-state index contributed by atoms with van der Waals surface area (Å²) in [7, 11) is 0. The van der Waals surface area contributed by atoms with Crippen molar-refractivity contribution in [3.8, 4) is 0 Å². The molecule has 1 amide bonds.